The Labute approximate surface area is 166 Å². The minimum atomic E-state index is -0.234. The molecular formula is C23H30N2O3. The lowest BCUT2D eigenvalue weighted by atomic mass is 9.84. The van der Waals surface area contributed by atoms with Crippen LogP contribution in [0.2, 0.25) is 0 Å². The number of hydrogen-bond acceptors (Lipinski definition) is 4. The Bertz CT molecular complexity index is 851. The minimum Gasteiger partial charge on any atom is -0.490 e. The summed E-state index contributed by atoms with van der Waals surface area (Å²) in [5.41, 5.74) is 2.18. The van der Waals surface area contributed by atoms with Crippen molar-refractivity contribution in [2.75, 3.05) is 6.61 Å². The molecule has 4 rings (SSSR count). The summed E-state index contributed by atoms with van der Waals surface area (Å²) in [4.78, 5) is 15.9. The highest BCUT2D eigenvalue weighted by Gasteiger charge is 2.26. The molecule has 28 heavy (non-hydrogen) atoms. The number of hydrogen-bond donors (Lipinski definition) is 0. The van der Waals surface area contributed by atoms with Crippen molar-refractivity contribution in [2.24, 2.45) is 5.92 Å². The van der Waals surface area contributed by atoms with E-state index in [1.807, 2.05) is 4.57 Å². The van der Waals surface area contributed by atoms with Crippen molar-refractivity contribution in [1.82, 2.24) is 9.55 Å². The molecule has 1 atom stereocenters. The quantitative estimate of drug-likeness (QED) is 0.746. The van der Waals surface area contributed by atoms with E-state index >= 15 is 0 Å². The van der Waals surface area contributed by atoms with E-state index in [2.05, 4.69) is 43.1 Å². The number of ether oxygens (including phenoxy) is 2. The molecule has 0 radical (unpaired) electrons. The molecule has 2 aromatic rings. The summed E-state index contributed by atoms with van der Waals surface area (Å²) in [6, 6.07) is 10.6. The van der Waals surface area contributed by atoms with Crippen molar-refractivity contribution in [3.63, 3.8) is 0 Å². The highest BCUT2D eigenvalue weighted by atomic mass is 16.6. The predicted molar refractivity (Wildman–Crippen MR) is 109 cm³/mol. The monoisotopic (exact) mass is 382 g/mol. The fraction of sp³-hybridized carbons (Fsp3) is 0.565. The summed E-state index contributed by atoms with van der Waals surface area (Å²) in [6.45, 7) is 5.41. The summed E-state index contributed by atoms with van der Waals surface area (Å²) in [6.07, 6.45) is 7.39. The summed E-state index contributed by atoms with van der Waals surface area (Å²) in [7, 11) is 0. The van der Waals surface area contributed by atoms with Gasteiger partial charge in [-0.2, -0.15) is 4.98 Å². The van der Waals surface area contributed by atoms with Crippen molar-refractivity contribution in [1.29, 1.82) is 0 Å². The second kappa shape index (κ2) is 8.38. The first kappa shape index (κ1) is 19.0. The van der Waals surface area contributed by atoms with Gasteiger partial charge in [0.05, 0.1) is 6.54 Å². The molecule has 1 aromatic carbocycles. The van der Waals surface area contributed by atoms with Crippen molar-refractivity contribution >= 4 is 0 Å². The lowest BCUT2D eigenvalue weighted by Gasteiger charge is -2.22. The van der Waals surface area contributed by atoms with Crippen LogP contribution < -0.4 is 15.0 Å². The predicted octanol–water partition coefficient (Wildman–Crippen LogP) is 4.33. The fourth-order valence-electron chi connectivity index (χ4n) is 4.34. The van der Waals surface area contributed by atoms with Crippen LogP contribution >= 0.6 is 0 Å². The van der Waals surface area contributed by atoms with Gasteiger partial charge in [0.2, 0.25) is 0 Å². The van der Waals surface area contributed by atoms with E-state index < -0.39 is 0 Å². The fourth-order valence-corrected chi connectivity index (χ4v) is 4.34. The van der Waals surface area contributed by atoms with Gasteiger partial charge in [-0.15, -0.1) is 0 Å². The average Bonchev–Trinajstić information content (AvgIpc) is 3.10. The lowest BCUT2D eigenvalue weighted by molar-refractivity contribution is 0.143. The molecule has 0 saturated heterocycles. The third kappa shape index (κ3) is 4.40. The standard InChI is InChI=1S/C23H30N2O3/c1-16(2)12-19-13-22(26)24-23-25(19)14-21(28-23)15-27-20-10-8-18(9-11-20)17-6-4-3-5-7-17/h8-11,13,16-17,21H,3-7,12,14-15H2,1-2H3. The van der Waals surface area contributed by atoms with Gasteiger partial charge in [-0.05, 0) is 48.8 Å². The Kier molecular flexibility index (Phi) is 5.69. The molecule has 0 bridgehead atoms. The first-order chi connectivity index (χ1) is 13.6. The molecule has 0 amide bonds. The van der Waals surface area contributed by atoms with E-state index in [1.165, 1.54) is 37.7 Å². The van der Waals surface area contributed by atoms with Crippen molar-refractivity contribution < 1.29 is 9.47 Å². The molecule has 5 heteroatoms. The van der Waals surface area contributed by atoms with Gasteiger partial charge in [0.25, 0.3) is 11.6 Å². The zero-order valence-electron chi connectivity index (χ0n) is 16.9. The lowest BCUT2D eigenvalue weighted by Crippen LogP contribution is -2.23. The molecule has 1 saturated carbocycles. The largest absolute Gasteiger partial charge is 0.490 e. The van der Waals surface area contributed by atoms with Gasteiger partial charge in [-0.25, -0.2) is 0 Å². The number of benzene rings is 1. The smallest absolute Gasteiger partial charge is 0.300 e. The van der Waals surface area contributed by atoms with Crippen LogP contribution in [0.3, 0.4) is 0 Å². The maximum Gasteiger partial charge on any atom is 0.300 e. The molecular weight excluding hydrogens is 352 g/mol. The van der Waals surface area contributed by atoms with Crippen LogP contribution in [0.15, 0.2) is 35.1 Å². The van der Waals surface area contributed by atoms with E-state index in [4.69, 9.17) is 9.47 Å². The van der Waals surface area contributed by atoms with Crippen molar-refractivity contribution in [3.8, 4) is 11.8 Å². The van der Waals surface area contributed by atoms with Gasteiger partial charge in [-0.3, -0.25) is 9.36 Å². The summed E-state index contributed by atoms with van der Waals surface area (Å²) in [5.74, 6) is 2.04. The van der Waals surface area contributed by atoms with E-state index in [9.17, 15) is 4.79 Å². The first-order valence-electron chi connectivity index (χ1n) is 10.6. The molecule has 150 valence electrons. The first-order valence-corrected chi connectivity index (χ1v) is 10.6. The summed E-state index contributed by atoms with van der Waals surface area (Å²) >= 11 is 0. The number of aromatic nitrogens is 2. The third-order valence-electron chi connectivity index (χ3n) is 5.74. The van der Waals surface area contributed by atoms with Gasteiger partial charge in [0.1, 0.15) is 12.4 Å². The van der Waals surface area contributed by atoms with Crippen LogP contribution in [0.1, 0.15) is 63.1 Å². The van der Waals surface area contributed by atoms with Crippen molar-refractivity contribution in [3.05, 3.63) is 51.9 Å². The van der Waals surface area contributed by atoms with Crippen LogP contribution in [0.5, 0.6) is 11.8 Å². The molecule has 0 spiro atoms. The molecule has 1 aliphatic heterocycles. The molecule has 2 heterocycles. The van der Waals surface area contributed by atoms with Gasteiger partial charge < -0.3 is 9.47 Å². The molecule has 1 fully saturated rings. The van der Waals surface area contributed by atoms with Crippen LogP contribution in [0.4, 0.5) is 0 Å². The maximum atomic E-state index is 11.8. The van der Waals surface area contributed by atoms with Crippen LogP contribution in [-0.4, -0.2) is 22.3 Å². The number of rotatable bonds is 6. The molecule has 5 nitrogen and oxygen atoms in total. The number of nitrogens with zero attached hydrogens (tertiary/aromatic N) is 2. The van der Waals surface area contributed by atoms with E-state index in [-0.39, 0.29) is 11.7 Å². The Morgan fingerprint density at radius 2 is 1.93 bits per heavy atom. The Balaban J connectivity index is 1.36. The SMILES string of the molecule is CC(C)Cc1cc(=O)nc2n1CC(COc1ccc(C3CCCCC3)cc1)O2. The van der Waals surface area contributed by atoms with Crippen LogP contribution in [0, 0.1) is 5.92 Å². The zero-order valence-corrected chi connectivity index (χ0v) is 16.9. The average molecular weight is 383 g/mol. The Morgan fingerprint density at radius 1 is 1.18 bits per heavy atom. The van der Waals surface area contributed by atoms with Gasteiger partial charge >= 0.3 is 0 Å². The van der Waals surface area contributed by atoms with E-state index in [0.29, 0.717) is 31.0 Å². The Hall–Kier alpha value is -2.30. The third-order valence-corrected chi connectivity index (χ3v) is 5.74. The zero-order chi connectivity index (χ0) is 19.5. The maximum absolute atomic E-state index is 11.8. The van der Waals surface area contributed by atoms with Crippen molar-refractivity contribution in [2.45, 2.75) is 70.9 Å². The van der Waals surface area contributed by atoms with Crippen LogP contribution in [0.25, 0.3) is 0 Å². The highest BCUT2D eigenvalue weighted by Crippen LogP contribution is 2.33. The van der Waals surface area contributed by atoms with E-state index in [1.54, 1.807) is 6.07 Å². The van der Waals surface area contributed by atoms with Gasteiger partial charge in [0, 0.05) is 11.8 Å². The highest BCUT2D eigenvalue weighted by molar-refractivity contribution is 5.29. The number of fused-ring (bicyclic) bond motifs is 1. The molecule has 0 N–H and O–H groups in total. The second-order valence-electron chi connectivity index (χ2n) is 8.53. The van der Waals surface area contributed by atoms with Gasteiger partial charge in [-0.1, -0.05) is 45.2 Å². The minimum absolute atomic E-state index is 0.127. The summed E-state index contributed by atoms with van der Waals surface area (Å²) < 4.78 is 13.9. The van der Waals surface area contributed by atoms with E-state index in [0.717, 1.165) is 17.9 Å². The summed E-state index contributed by atoms with van der Waals surface area (Å²) in [5, 5.41) is 0. The topological polar surface area (TPSA) is 53.4 Å². The van der Waals surface area contributed by atoms with Crippen LogP contribution in [-0.2, 0) is 13.0 Å². The molecule has 1 aromatic heterocycles. The normalized spacial score (nSPS) is 19.5. The Morgan fingerprint density at radius 3 is 2.64 bits per heavy atom. The molecule has 1 aliphatic carbocycles. The molecule has 1 unspecified atom stereocenters. The molecule has 2 aliphatic rings. The second-order valence-corrected chi connectivity index (χ2v) is 8.53. The van der Waals surface area contributed by atoms with Gasteiger partial charge in [0.15, 0.2) is 6.10 Å².